The van der Waals surface area contributed by atoms with Gasteiger partial charge in [0.05, 0.1) is 11.6 Å². The highest BCUT2D eigenvalue weighted by molar-refractivity contribution is 5.42. The standard InChI is InChI=1S/C15H15NO/c1-4-5-14(10-16)13(3)11-17-15-8-6-12(2)7-9-15/h4-9H,1,3,11H2,2H3/b14-5-. The van der Waals surface area contributed by atoms with Crippen LogP contribution in [0.3, 0.4) is 0 Å². The van der Waals surface area contributed by atoms with Gasteiger partial charge in [-0.25, -0.2) is 0 Å². The first-order chi connectivity index (χ1) is 8.17. The molecule has 0 heterocycles. The number of benzene rings is 1. The lowest BCUT2D eigenvalue weighted by atomic mass is 10.1. The molecule has 2 nitrogen and oxygen atoms in total. The smallest absolute Gasteiger partial charge is 0.119 e. The molecule has 17 heavy (non-hydrogen) atoms. The van der Waals surface area contributed by atoms with Crippen LogP contribution in [0, 0.1) is 18.3 Å². The third-order valence-electron chi connectivity index (χ3n) is 2.22. The van der Waals surface area contributed by atoms with Crippen LogP contribution < -0.4 is 4.74 Å². The second-order valence-electron chi connectivity index (χ2n) is 3.63. The summed E-state index contributed by atoms with van der Waals surface area (Å²) in [4.78, 5) is 0. The predicted octanol–water partition coefficient (Wildman–Crippen LogP) is 3.57. The first-order valence-corrected chi connectivity index (χ1v) is 5.28. The van der Waals surface area contributed by atoms with Crippen LogP contribution in [0.5, 0.6) is 5.75 Å². The topological polar surface area (TPSA) is 33.0 Å². The van der Waals surface area contributed by atoms with E-state index in [2.05, 4.69) is 19.2 Å². The molecule has 0 aromatic heterocycles. The molecule has 0 saturated heterocycles. The number of hydrogen-bond donors (Lipinski definition) is 0. The van der Waals surface area contributed by atoms with Crippen molar-refractivity contribution in [3.8, 4) is 11.8 Å². The van der Waals surface area contributed by atoms with E-state index >= 15 is 0 Å². The van der Waals surface area contributed by atoms with Gasteiger partial charge >= 0.3 is 0 Å². The maximum absolute atomic E-state index is 8.88. The van der Waals surface area contributed by atoms with Gasteiger partial charge in [-0.3, -0.25) is 0 Å². The molecular weight excluding hydrogens is 210 g/mol. The molecule has 0 atom stereocenters. The number of nitrogens with zero attached hydrogens (tertiary/aromatic N) is 1. The second-order valence-corrected chi connectivity index (χ2v) is 3.63. The van der Waals surface area contributed by atoms with Gasteiger partial charge in [0.1, 0.15) is 12.4 Å². The molecule has 1 aromatic carbocycles. The minimum atomic E-state index is 0.302. The fourth-order valence-corrected chi connectivity index (χ4v) is 1.23. The van der Waals surface area contributed by atoms with Crippen LogP contribution in [0.1, 0.15) is 5.56 Å². The van der Waals surface area contributed by atoms with Crippen LogP contribution in [-0.4, -0.2) is 6.61 Å². The van der Waals surface area contributed by atoms with E-state index in [1.54, 1.807) is 12.2 Å². The quantitative estimate of drug-likeness (QED) is 0.567. The number of allylic oxidation sites excluding steroid dienone is 2. The molecule has 0 saturated carbocycles. The van der Waals surface area contributed by atoms with Gasteiger partial charge in [-0.15, -0.1) is 0 Å². The van der Waals surface area contributed by atoms with Crippen LogP contribution in [-0.2, 0) is 0 Å². The molecule has 0 N–H and O–H groups in total. The Hall–Kier alpha value is -2.27. The highest BCUT2D eigenvalue weighted by Crippen LogP contribution is 2.14. The summed E-state index contributed by atoms with van der Waals surface area (Å²) in [7, 11) is 0. The fraction of sp³-hybridized carbons (Fsp3) is 0.133. The van der Waals surface area contributed by atoms with Crippen LogP contribution in [0.4, 0.5) is 0 Å². The Morgan fingerprint density at radius 2 is 2.06 bits per heavy atom. The summed E-state index contributed by atoms with van der Waals surface area (Å²) in [5.41, 5.74) is 2.32. The average Bonchev–Trinajstić information content (AvgIpc) is 2.35. The number of hydrogen-bond acceptors (Lipinski definition) is 2. The van der Waals surface area contributed by atoms with Gasteiger partial charge in [0.15, 0.2) is 0 Å². The fourth-order valence-electron chi connectivity index (χ4n) is 1.23. The maximum atomic E-state index is 8.88. The lowest BCUT2D eigenvalue weighted by molar-refractivity contribution is 0.355. The molecule has 0 fully saturated rings. The molecule has 0 amide bonds. The van der Waals surface area contributed by atoms with Crippen molar-refractivity contribution >= 4 is 0 Å². The second kappa shape index (κ2) is 6.34. The molecule has 0 aliphatic carbocycles. The van der Waals surface area contributed by atoms with Crippen molar-refractivity contribution in [2.75, 3.05) is 6.61 Å². The largest absolute Gasteiger partial charge is 0.489 e. The zero-order chi connectivity index (χ0) is 12.7. The normalized spacial score (nSPS) is 10.5. The van der Waals surface area contributed by atoms with Crippen LogP contribution in [0.2, 0.25) is 0 Å². The van der Waals surface area contributed by atoms with E-state index in [0.717, 1.165) is 5.75 Å². The van der Waals surface area contributed by atoms with Crippen LogP contribution in [0.25, 0.3) is 0 Å². The molecule has 1 rings (SSSR count). The molecule has 0 radical (unpaired) electrons. The molecule has 0 aliphatic rings. The third kappa shape index (κ3) is 4.00. The zero-order valence-corrected chi connectivity index (χ0v) is 9.94. The number of aryl methyl sites for hydroxylation is 1. The SMILES string of the molecule is C=C/C=C(/C#N)C(=C)COc1ccc(C)cc1. The first-order valence-electron chi connectivity index (χ1n) is 5.28. The van der Waals surface area contributed by atoms with Crippen LogP contribution in [0.15, 0.2) is 60.7 Å². The van der Waals surface area contributed by atoms with Crippen molar-refractivity contribution in [3.05, 3.63) is 66.3 Å². The molecule has 0 aliphatic heterocycles. The van der Waals surface area contributed by atoms with Crippen molar-refractivity contribution in [1.29, 1.82) is 5.26 Å². The molecule has 2 heteroatoms. The number of ether oxygens (including phenoxy) is 1. The highest BCUT2D eigenvalue weighted by Gasteiger charge is 2.02. The average molecular weight is 225 g/mol. The van der Waals surface area contributed by atoms with Gasteiger partial charge in [-0.05, 0) is 30.7 Å². The summed E-state index contributed by atoms with van der Waals surface area (Å²) in [5, 5.41) is 8.88. The zero-order valence-electron chi connectivity index (χ0n) is 9.94. The summed E-state index contributed by atoms with van der Waals surface area (Å²) < 4.78 is 5.53. The van der Waals surface area contributed by atoms with Gasteiger partial charge < -0.3 is 4.74 Å². The van der Waals surface area contributed by atoms with Gasteiger partial charge in [0.2, 0.25) is 0 Å². The van der Waals surface area contributed by atoms with Gasteiger partial charge in [0, 0.05) is 0 Å². The van der Waals surface area contributed by atoms with Gasteiger partial charge in [-0.2, -0.15) is 5.26 Å². The summed E-state index contributed by atoms with van der Waals surface area (Å²) in [5.74, 6) is 0.771. The number of rotatable bonds is 5. The molecular formula is C15H15NO. The van der Waals surface area contributed by atoms with E-state index in [1.165, 1.54) is 5.56 Å². The van der Waals surface area contributed by atoms with Crippen molar-refractivity contribution in [2.45, 2.75) is 6.92 Å². The Labute approximate surface area is 102 Å². The maximum Gasteiger partial charge on any atom is 0.119 e. The van der Waals surface area contributed by atoms with E-state index in [9.17, 15) is 0 Å². The van der Waals surface area contributed by atoms with E-state index in [4.69, 9.17) is 10.00 Å². The van der Waals surface area contributed by atoms with Gasteiger partial charge in [-0.1, -0.05) is 36.9 Å². The van der Waals surface area contributed by atoms with Crippen molar-refractivity contribution in [3.63, 3.8) is 0 Å². The molecule has 0 unspecified atom stereocenters. The van der Waals surface area contributed by atoms with Crippen molar-refractivity contribution < 1.29 is 4.74 Å². The lowest BCUT2D eigenvalue weighted by Crippen LogP contribution is -2.01. The Morgan fingerprint density at radius 3 is 2.59 bits per heavy atom. The first kappa shape index (κ1) is 12.8. The molecule has 0 spiro atoms. The Morgan fingerprint density at radius 1 is 1.41 bits per heavy atom. The van der Waals surface area contributed by atoms with Gasteiger partial charge in [0.25, 0.3) is 0 Å². The summed E-state index contributed by atoms with van der Waals surface area (Å²) >= 11 is 0. The summed E-state index contributed by atoms with van der Waals surface area (Å²) in [6, 6.07) is 9.80. The monoisotopic (exact) mass is 225 g/mol. The van der Waals surface area contributed by atoms with Crippen molar-refractivity contribution in [1.82, 2.24) is 0 Å². The Bertz CT molecular complexity index is 475. The minimum Gasteiger partial charge on any atom is -0.489 e. The minimum absolute atomic E-state index is 0.302. The van der Waals surface area contributed by atoms with E-state index in [1.807, 2.05) is 31.2 Å². The Balaban J connectivity index is 2.60. The van der Waals surface area contributed by atoms with Crippen molar-refractivity contribution in [2.24, 2.45) is 0 Å². The summed E-state index contributed by atoms with van der Waals surface area (Å²) in [6.07, 6.45) is 3.19. The van der Waals surface area contributed by atoms with E-state index in [0.29, 0.717) is 17.8 Å². The third-order valence-corrected chi connectivity index (χ3v) is 2.22. The van der Waals surface area contributed by atoms with E-state index < -0.39 is 0 Å². The Kier molecular flexibility index (Phi) is 4.77. The van der Waals surface area contributed by atoms with Crippen LogP contribution >= 0.6 is 0 Å². The highest BCUT2D eigenvalue weighted by atomic mass is 16.5. The number of nitriles is 1. The lowest BCUT2D eigenvalue weighted by Gasteiger charge is -2.07. The molecule has 86 valence electrons. The van der Waals surface area contributed by atoms with E-state index in [-0.39, 0.29) is 0 Å². The summed E-state index contributed by atoms with van der Waals surface area (Å²) in [6.45, 7) is 9.68. The molecule has 0 bridgehead atoms. The predicted molar refractivity (Wildman–Crippen MR) is 69.7 cm³/mol. The molecule has 1 aromatic rings.